The molecule has 0 aliphatic heterocycles. The number of hydrogen-bond acceptors (Lipinski definition) is 5. The predicted octanol–water partition coefficient (Wildman–Crippen LogP) is 1.85. The average Bonchev–Trinajstić information content (AvgIpc) is 2.82. The number of nitrogens with one attached hydrogen (secondary N) is 1. The number of aryl methyl sites for hydroxylation is 1. The Labute approximate surface area is 124 Å². The van der Waals surface area contributed by atoms with Crippen molar-refractivity contribution in [3.05, 3.63) is 26.5 Å². The molecule has 0 unspecified atom stereocenters. The third-order valence-electron chi connectivity index (χ3n) is 2.43. The maximum Gasteiger partial charge on any atom is 0.243 e. The molecule has 0 aromatic carbocycles. The molecule has 0 aliphatic rings. The number of nitrogens with two attached hydrogens (primary N) is 1. The van der Waals surface area contributed by atoms with Crippen molar-refractivity contribution < 1.29 is 8.42 Å². The lowest BCUT2D eigenvalue weighted by atomic mass is 10.3. The molecule has 6 nitrogen and oxygen atoms in total. The Balaban J connectivity index is 2.19. The Hall–Kier alpha value is -0.800. The van der Waals surface area contributed by atoms with E-state index in [0.29, 0.717) is 15.7 Å². The maximum absolute atomic E-state index is 12.0. The molecule has 2 heterocycles. The summed E-state index contributed by atoms with van der Waals surface area (Å²) in [6.45, 7) is 0.0335. The molecule has 0 aliphatic carbocycles. The van der Waals surface area contributed by atoms with Crippen molar-refractivity contribution in [1.29, 1.82) is 0 Å². The van der Waals surface area contributed by atoms with Crippen LogP contribution in [0.25, 0.3) is 0 Å². The normalized spacial score (nSPS) is 11.9. The predicted molar refractivity (Wildman–Crippen MR) is 76.0 cm³/mol. The molecule has 0 atom stereocenters. The molecule has 0 spiro atoms. The summed E-state index contributed by atoms with van der Waals surface area (Å²) in [6.07, 6.45) is 1.50. The fourth-order valence-electron chi connectivity index (χ4n) is 1.39. The number of nitrogens with zero attached hydrogens (tertiary/aromatic N) is 2. The van der Waals surface area contributed by atoms with E-state index in [1.165, 1.54) is 16.9 Å². The third-order valence-corrected chi connectivity index (χ3v) is 5.59. The molecular weight excluding hydrogens is 331 g/mol. The van der Waals surface area contributed by atoms with Gasteiger partial charge in [0.25, 0.3) is 0 Å². The minimum atomic E-state index is -3.72. The molecule has 2 rings (SSSR count). The smallest absolute Gasteiger partial charge is 0.243 e. The first-order valence-electron chi connectivity index (χ1n) is 5.02. The summed E-state index contributed by atoms with van der Waals surface area (Å²) in [6, 6.07) is 1.31. The van der Waals surface area contributed by atoms with Gasteiger partial charge in [0.1, 0.15) is 15.0 Å². The van der Waals surface area contributed by atoms with Gasteiger partial charge in [-0.1, -0.05) is 23.2 Å². The summed E-state index contributed by atoms with van der Waals surface area (Å²) >= 11 is 12.5. The van der Waals surface area contributed by atoms with Gasteiger partial charge in [-0.15, -0.1) is 11.3 Å². The largest absolute Gasteiger partial charge is 0.384 e. The minimum absolute atomic E-state index is 0.0335. The van der Waals surface area contributed by atoms with Gasteiger partial charge in [-0.3, -0.25) is 4.68 Å². The molecule has 0 fully saturated rings. The second kappa shape index (κ2) is 5.29. The molecule has 2 aromatic rings. The number of aromatic nitrogens is 2. The number of nitrogen functional groups attached to an aromatic ring is 1. The van der Waals surface area contributed by atoms with Crippen molar-refractivity contribution in [3.8, 4) is 0 Å². The van der Waals surface area contributed by atoms with Crippen molar-refractivity contribution in [3.63, 3.8) is 0 Å². The summed E-state index contributed by atoms with van der Waals surface area (Å²) < 4.78 is 28.4. The van der Waals surface area contributed by atoms with Gasteiger partial charge in [0.05, 0.1) is 10.5 Å². The molecule has 104 valence electrons. The Kier molecular flexibility index (Phi) is 4.07. The Morgan fingerprint density at radius 2 is 2.21 bits per heavy atom. The van der Waals surface area contributed by atoms with Crippen LogP contribution in [0.15, 0.2) is 17.2 Å². The van der Waals surface area contributed by atoms with Gasteiger partial charge in [-0.05, 0) is 6.07 Å². The Morgan fingerprint density at radius 1 is 1.53 bits per heavy atom. The van der Waals surface area contributed by atoms with Gasteiger partial charge in [0.2, 0.25) is 10.0 Å². The number of hydrogen-bond donors (Lipinski definition) is 2. The summed E-state index contributed by atoms with van der Waals surface area (Å²) in [4.78, 5) is -0.0355. The number of halogens is 2. The minimum Gasteiger partial charge on any atom is -0.384 e. The van der Waals surface area contributed by atoms with Crippen LogP contribution in [0, 0.1) is 0 Å². The van der Waals surface area contributed by atoms with Gasteiger partial charge in [-0.25, -0.2) is 13.1 Å². The van der Waals surface area contributed by atoms with Crippen molar-refractivity contribution in [2.24, 2.45) is 7.05 Å². The van der Waals surface area contributed by atoms with Crippen molar-refractivity contribution in [2.75, 3.05) is 5.73 Å². The van der Waals surface area contributed by atoms with Crippen LogP contribution in [0.5, 0.6) is 0 Å². The highest BCUT2D eigenvalue weighted by atomic mass is 35.5. The van der Waals surface area contributed by atoms with E-state index in [-0.39, 0.29) is 15.8 Å². The van der Waals surface area contributed by atoms with Crippen LogP contribution in [-0.2, 0) is 23.6 Å². The monoisotopic (exact) mass is 340 g/mol. The summed E-state index contributed by atoms with van der Waals surface area (Å²) in [5, 5.41) is 3.92. The molecule has 10 heteroatoms. The highest BCUT2D eigenvalue weighted by Crippen LogP contribution is 2.34. The number of thiophene rings is 1. The van der Waals surface area contributed by atoms with Crippen molar-refractivity contribution in [2.45, 2.75) is 11.4 Å². The third kappa shape index (κ3) is 3.03. The highest BCUT2D eigenvalue weighted by Gasteiger charge is 2.21. The number of anilines is 1. The SMILES string of the molecule is Cn1ncc(CNS(=O)(=O)c2cc(Cl)sc2Cl)c1N. The lowest BCUT2D eigenvalue weighted by Crippen LogP contribution is -2.23. The van der Waals surface area contributed by atoms with Crippen LogP contribution in [0.2, 0.25) is 8.67 Å². The second-order valence-corrected chi connectivity index (χ2v) is 7.71. The molecule has 0 saturated carbocycles. The van der Waals surface area contributed by atoms with Gasteiger partial charge in [0, 0.05) is 19.2 Å². The van der Waals surface area contributed by atoms with Crippen LogP contribution in [-0.4, -0.2) is 18.2 Å². The van der Waals surface area contributed by atoms with E-state index in [1.54, 1.807) is 7.05 Å². The lowest BCUT2D eigenvalue weighted by Gasteiger charge is -2.05. The van der Waals surface area contributed by atoms with Crippen LogP contribution >= 0.6 is 34.5 Å². The first-order valence-corrected chi connectivity index (χ1v) is 8.07. The van der Waals surface area contributed by atoms with Gasteiger partial charge in [0.15, 0.2) is 0 Å². The van der Waals surface area contributed by atoms with E-state index >= 15 is 0 Å². The molecule has 0 bridgehead atoms. The second-order valence-electron chi connectivity index (χ2n) is 3.69. The molecule has 19 heavy (non-hydrogen) atoms. The van der Waals surface area contributed by atoms with Crippen LogP contribution in [0.3, 0.4) is 0 Å². The molecule has 0 amide bonds. The average molecular weight is 341 g/mol. The summed E-state index contributed by atoms with van der Waals surface area (Å²) in [5.74, 6) is 0.400. The Bertz CT molecular complexity index is 708. The quantitative estimate of drug-likeness (QED) is 0.888. The van der Waals surface area contributed by atoms with E-state index in [4.69, 9.17) is 28.9 Å². The summed E-state index contributed by atoms with van der Waals surface area (Å²) in [5.41, 5.74) is 6.31. The number of sulfonamides is 1. The molecule has 0 saturated heterocycles. The van der Waals surface area contributed by atoms with Crippen LogP contribution in [0.4, 0.5) is 5.82 Å². The zero-order valence-electron chi connectivity index (χ0n) is 9.72. The Morgan fingerprint density at radius 3 is 2.68 bits per heavy atom. The topological polar surface area (TPSA) is 90.0 Å². The van der Waals surface area contributed by atoms with Gasteiger partial charge < -0.3 is 5.73 Å². The van der Waals surface area contributed by atoms with E-state index < -0.39 is 10.0 Å². The van der Waals surface area contributed by atoms with E-state index in [0.717, 1.165) is 11.3 Å². The lowest BCUT2D eigenvalue weighted by molar-refractivity contribution is 0.582. The van der Waals surface area contributed by atoms with Crippen molar-refractivity contribution in [1.82, 2.24) is 14.5 Å². The fraction of sp³-hybridized carbons (Fsp3) is 0.222. The van der Waals surface area contributed by atoms with E-state index in [2.05, 4.69) is 9.82 Å². The standard InChI is InChI=1S/C9H10Cl2N4O2S2/c1-15-9(12)5(3-13-15)4-14-19(16,17)6-2-7(10)18-8(6)11/h2-3,14H,4,12H2,1H3. The first-order chi connectivity index (χ1) is 8.81. The zero-order chi connectivity index (χ0) is 14.2. The van der Waals surface area contributed by atoms with Crippen LogP contribution < -0.4 is 10.5 Å². The fourth-order valence-corrected chi connectivity index (χ4v) is 4.54. The van der Waals surface area contributed by atoms with Gasteiger partial charge >= 0.3 is 0 Å². The zero-order valence-corrected chi connectivity index (χ0v) is 12.9. The first kappa shape index (κ1) is 14.6. The van der Waals surface area contributed by atoms with E-state index in [1.807, 2.05) is 0 Å². The number of rotatable bonds is 4. The molecule has 2 aromatic heterocycles. The molecular formula is C9H10Cl2N4O2S2. The summed E-state index contributed by atoms with van der Waals surface area (Å²) in [7, 11) is -2.05. The highest BCUT2D eigenvalue weighted by molar-refractivity contribution is 7.89. The maximum atomic E-state index is 12.0. The molecule has 3 N–H and O–H groups in total. The van der Waals surface area contributed by atoms with Crippen molar-refractivity contribution >= 4 is 50.4 Å². The van der Waals surface area contributed by atoms with E-state index in [9.17, 15) is 8.42 Å². The van der Waals surface area contributed by atoms with Crippen LogP contribution in [0.1, 0.15) is 5.56 Å². The molecule has 0 radical (unpaired) electrons. The van der Waals surface area contributed by atoms with Gasteiger partial charge in [-0.2, -0.15) is 5.10 Å².